The van der Waals surface area contributed by atoms with Crippen molar-refractivity contribution in [1.82, 2.24) is 5.32 Å². The standard InChI is InChI=1S/C8H10BrNO2S/c1-10-6-13(11,12)8-4-2-7(9)3-5-8/h2-5,10H,6H2,1H3. The van der Waals surface area contributed by atoms with Gasteiger partial charge in [0.15, 0.2) is 9.84 Å². The van der Waals surface area contributed by atoms with Gasteiger partial charge >= 0.3 is 0 Å². The van der Waals surface area contributed by atoms with Gasteiger partial charge in [0.1, 0.15) is 5.88 Å². The van der Waals surface area contributed by atoms with Gasteiger partial charge in [-0.15, -0.1) is 0 Å². The third-order valence-corrected chi connectivity index (χ3v) is 3.69. The van der Waals surface area contributed by atoms with E-state index in [1.165, 1.54) is 0 Å². The van der Waals surface area contributed by atoms with Gasteiger partial charge in [-0.3, -0.25) is 0 Å². The van der Waals surface area contributed by atoms with Gasteiger partial charge in [-0.05, 0) is 31.3 Å². The molecule has 0 aliphatic carbocycles. The number of benzene rings is 1. The third kappa shape index (κ3) is 2.79. The Hall–Kier alpha value is -0.390. The summed E-state index contributed by atoms with van der Waals surface area (Å²) in [5.74, 6) is -0.0331. The Balaban J connectivity index is 3.02. The van der Waals surface area contributed by atoms with E-state index in [-0.39, 0.29) is 5.88 Å². The van der Waals surface area contributed by atoms with E-state index in [1.807, 2.05) is 0 Å². The molecule has 0 spiro atoms. The molecule has 0 aliphatic rings. The minimum atomic E-state index is -3.16. The summed E-state index contributed by atoms with van der Waals surface area (Å²) in [5.41, 5.74) is 0. The lowest BCUT2D eigenvalue weighted by atomic mass is 10.4. The van der Waals surface area contributed by atoms with Gasteiger partial charge in [-0.1, -0.05) is 15.9 Å². The van der Waals surface area contributed by atoms with Crippen LogP contribution in [0.15, 0.2) is 33.6 Å². The first-order valence-corrected chi connectivity index (χ1v) is 6.14. The molecule has 0 aliphatic heterocycles. The number of halogens is 1. The second kappa shape index (κ2) is 4.21. The average Bonchev–Trinajstić information content (AvgIpc) is 2.05. The highest BCUT2D eigenvalue weighted by atomic mass is 79.9. The molecular weight excluding hydrogens is 254 g/mol. The van der Waals surface area contributed by atoms with Crippen LogP contribution in [0, 0.1) is 0 Å². The zero-order valence-corrected chi connectivity index (χ0v) is 9.52. The first-order valence-electron chi connectivity index (χ1n) is 3.69. The molecule has 0 saturated heterocycles. The highest BCUT2D eigenvalue weighted by Crippen LogP contribution is 2.15. The predicted molar refractivity (Wildman–Crippen MR) is 55.3 cm³/mol. The van der Waals surface area contributed by atoms with Crippen LogP contribution in [-0.4, -0.2) is 21.3 Å². The van der Waals surface area contributed by atoms with E-state index in [9.17, 15) is 8.42 Å². The molecule has 1 rings (SSSR count). The second-order valence-electron chi connectivity index (χ2n) is 2.57. The summed E-state index contributed by atoms with van der Waals surface area (Å²) >= 11 is 3.24. The zero-order chi connectivity index (χ0) is 9.90. The molecule has 0 radical (unpaired) electrons. The van der Waals surface area contributed by atoms with Gasteiger partial charge < -0.3 is 5.32 Å². The van der Waals surface area contributed by atoms with Gasteiger partial charge in [0, 0.05) is 4.47 Å². The van der Waals surface area contributed by atoms with E-state index in [0.29, 0.717) is 4.90 Å². The van der Waals surface area contributed by atoms with Gasteiger partial charge in [0.25, 0.3) is 0 Å². The highest BCUT2D eigenvalue weighted by Gasteiger charge is 2.11. The molecule has 3 nitrogen and oxygen atoms in total. The van der Waals surface area contributed by atoms with E-state index < -0.39 is 9.84 Å². The summed E-state index contributed by atoms with van der Waals surface area (Å²) in [5, 5.41) is 2.62. The lowest BCUT2D eigenvalue weighted by Crippen LogP contribution is -2.18. The van der Waals surface area contributed by atoms with Crippen molar-refractivity contribution in [2.75, 3.05) is 12.9 Å². The van der Waals surface area contributed by atoms with E-state index in [4.69, 9.17) is 0 Å². The van der Waals surface area contributed by atoms with Crippen molar-refractivity contribution in [3.05, 3.63) is 28.7 Å². The van der Waals surface area contributed by atoms with Crippen molar-refractivity contribution in [2.45, 2.75) is 4.90 Å². The number of nitrogens with one attached hydrogen (secondary N) is 1. The zero-order valence-electron chi connectivity index (χ0n) is 7.12. The van der Waals surface area contributed by atoms with Crippen LogP contribution in [-0.2, 0) is 9.84 Å². The summed E-state index contributed by atoms with van der Waals surface area (Å²) in [6, 6.07) is 6.58. The van der Waals surface area contributed by atoms with Crippen LogP contribution in [0.2, 0.25) is 0 Å². The third-order valence-electron chi connectivity index (χ3n) is 1.51. The van der Waals surface area contributed by atoms with Crippen LogP contribution in [0.25, 0.3) is 0 Å². The molecule has 0 bridgehead atoms. The largest absolute Gasteiger partial charge is 0.306 e. The fraction of sp³-hybridized carbons (Fsp3) is 0.250. The Kier molecular flexibility index (Phi) is 3.47. The first kappa shape index (κ1) is 10.7. The number of hydrogen-bond donors (Lipinski definition) is 1. The molecule has 0 atom stereocenters. The smallest absolute Gasteiger partial charge is 0.191 e. The maximum atomic E-state index is 11.5. The van der Waals surface area contributed by atoms with Crippen molar-refractivity contribution >= 4 is 25.8 Å². The van der Waals surface area contributed by atoms with Crippen molar-refractivity contribution in [2.24, 2.45) is 0 Å². The van der Waals surface area contributed by atoms with Gasteiger partial charge in [0.2, 0.25) is 0 Å². The summed E-state index contributed by atoms with van der Waals surface area (Å²) < 4.78 is 23.8. The molecule has 0 saturated carbocycles. The van der Waals surface area contributed by atoms with Crippen LogP contribution >= 0.6 is 15.9 Å². The van der Waals surface area contributed by atoms with E-state index in [0.717, 1.165) is 4.47 Å². The second-order valence-corrected chi connectivity index (χ2v) is 5.47. The number of rotatable bonds is 3. The molecule has 1 aromatic carbocycles. The summed E-state index contributed by atoms with van der Waals surface area (Å²) in [6.45, 7) is 0. The fourth-order valence-corrected chi connectivity index (χ4v) is 2.28. The molecule has 0 fully saturated rings. The number of hydrogen-bond acceptors (Lipinski definition) is 3. The van der Waals surface area contributed by atoms with Gasteiger partial charge in [-0.2, -0.15) is 0 Å². The average molecular weight is 264 g/mol. The molecule has 0 unspecified atom stereocenters. The van der Waals surface area contributed by atoms with Crippen LogP contribution in [0.4, 0.5) is 0 Å². The van der Waals surface area contributed by atoms with Crippen LogP contribution in [0.3, 0.4) is 0 Å². The van der Waals surface area contributed by atoms with Crippen LogP contribution in [0.1, 0.15) is 0 Å². The minimum Gasteiger partial charge on any atom is -0.306 e. The van der Waals surface area contributed by atoms with Crippen molar-refractivity contribution < 1.29 is 8.42 Å². The topological polar surface area (TPSA) is 46.2 Å². The molecular formula is C8H10BrNO2S. The fourth-order valence-electron chi connectivity index (χ4n) is 0.915. The Bertz CT molecular complexity index is 372. The molecule has 72 valence electrons. The van der Waals surface area contributed by atoms with Crippen molar-refractivity contribution in [3.8, 4) is 0 Å². The Labute approximate surface area is 86.2 Å². The van der Waals surface area contributed by atoms with Crippen molar-refractivity contribution in [1.29, 1.82) is 0 Å². The maximum Gasteiger partial charge on any atom is 0.191 e. The van der Waals surface area contributed by atoms with E-state index in [2.05, 4.69) is 21.2 Å². The first-order chi connectivity index (χ1) is 6.06. The van der Waals surface area contributed by atoms with E-state index in [1.54, 1.807) is 31.3 Å². The summed E-state index contributed by atoms with van der Waals surface area (Å²) in [4.78, 5) is 0.338. The molecule has 5 heteroatoms. The number of sulfone groups is 1. The Morgan fingerprint density at radius 3 is 2.31 bits per heavy atom. The molecule has 0 heterocycles. The van der Waals surface area contributed by atoms with Crippen molar-refractivity contribution in [3.63, 3.8) is 0 Å². The Morgan fingerprint density at radius 2 is 1.85 bits per heavy atom. The molecule has 1 aromatic rings. The van der Waals surface area contributed by atoms with E-state index >= 15 is 0 Å². The minimum absolute atomic E-state index is 0.0331. The molecule has 0 amide bonds. The lowest BCUT2D eigenvalue weighted by molar-refractivity contribution is 0.591. The monoisotopic (exact) mass is 263 g/mol. The predicted octanol–water partition coefficient (Wildman–Crippen LogP) is 1.40. The molecule has 1 N–H and O–H groups in total. The Morgan fingerprint density at radius 1 is 1.31 bits per heavy atom. The van der Waals surface area contributed by atoms with Gasteiger partial charge in [0.05, 0.1) is 4.90 Å². The van der Waals surface area contributed by atoms with Crippen LogP contribution < -0.4 is 5.32 Å². The highest BCUT2D eigenvalue weighted by molar-refractivity contribution is 9.10. The SMILES string of the molecule is CNCS(=O)(=O)c1ccc(Br)cc1. The van der Waals surface area contributed by atoms with Gasteiger partial charge in [-0.25, -0.2) is 8.42 Å². The quantitative estimate of drug-likeness (QED) is 0.897. The molecule has 0 aromatic heterocycles. The normalized spacial score (nSPS) is 11.5. The van der Waals surface area contributed by atoms with Crippen LogP contribution in [0.5, 0.6) is 0 Å². The maximum absolute atomic E-state index is 11.5. The molecule has 13 heavy (non-hydrogen) atoms. The summed E-state index contributed by atoms with van der Waals surface area (Å²) in [7, 11) is -1.55. The summed E-state index contributed by atoms with van der Waals surface area (Å²) in [6.07, 6.45) is 0. The lowest BCUT2D eigenvalue weighted by Gasteiger charge is -2.02.